The molecule has 98 valence electrons. The van der Waals surface area contributed by atoms with Gasteiger partial charge in [-0.3, -0.25) is 4.79 Å². The zero-order valence-corrected chi connectivity index (χ0v) is 10.9. The molecule has 0 saturated carbocycles. The molecule has 0 unspecified atom stereocenters. The Bertz CT molecular complexity index is 423. The number of amides is 1. The van der Waals surface area contributed by atoms with Crippen LogP contribution < -0.4 is 10.2 Å². The van der Waals surface area contributed by atoms with Gasteiger partial charge in [-0.25, -0.2) is 4.98 Å². The van der Waals surface area contributed by atoms with E-state index in [2.05, 4.69) is 20.2 Å². The number of rotatable bonds is 2. The van der Waals surface area contributed by atoms with Crippen molar-refractivity contribution in [3.8, 4) is 0 Å². The summed E-state index contributed by atoms with van der Waals surface area (Å²) in [5.41, 5.74) is 0. The van der Waals surface area contributed by atoms with Crippen LogP contribution in [-0.4, -0.2) is 54.0 Å². The van der Waals surface area contributed by atoms with Crippen molar-refractivity contribution in [1.29, 1.82) is 0 Å². The van der Waals surface area contributed by atoms with E-state index in [4.69, 9.17) is 0 Å². The molecular weight excluding hydrogens is 230 g/mol. The summed E-state index contributed by atoms with van der Waals surface area (Å²) in [5.74, 6) is 1.69. The highest BCUT2D eigenvalue weighted by molar-refractivity contribution is 5.73. The predicted octanol–water partition coefficient (Wildman–Crippen LogP) is 0.577. The van der Waals surface area contributed by atoms with E-state index >= 15 is 0 Å². The minimum Gasteiger partial charge on any atom is -0.357 e. The van der Waals surface area contributed by atoms with Gasteiger partial charge in [0, 0.05) is 46.3 Å². The molecule has 1 aliphatic heterocycles. The first-order valence-corrected chi connectivity index (χ1v) is 6.22. The highest BCUT2D eigenvalue weighted by Gasteiger charge is 2.17. The number of nitrogens with one attached hydrogen (secondary N) is 1. The third-order valence-electron chi connectivity index (χ3n) is 3.13. The van der Waals surface area contributed by atoms with Crippen LogP contribution in [0.1, 0.15) is 13.3 Å². The Morgan fingerprint density at radius 2 is 2.17 bits per heavy atom. The lowest BCUT2D eigenvalue weighted by molar-refractivity contribution is -0.128. The fraction of sp³-hybridized carbons (Fsp3) is 0.583. The lowest BCUT2D eigenvalue weighted by atomic mass is 10.3. The molecule has 0 spiro atoms. The molecule has 1 fully saturated rings. The Morgan fingerprint density at radius 3 is 2.89 bits per heavy atom. The van der Waals surface area contributed by atoms with Crippen LogP contribution in [0.25, 0.3) is 0 Å². The van der Waals surface area contributed by atoms with E-state index in [1.807, 2.05) is 11.0 Å². The van der Waals surface area contributed by atoms with Crippen LogP contribution in [0.3, 0.4) is 0 Å². The first kappa shape index (κ1) is 12.6. The predicted molar refractivity (Wildman–Crippen MR) is 70.7 cm³/mol. The summed E-state index contributed by atoms with van der Waals surface area (Å²) >= 11 is 0. The number of anilines is 2. The van der Waals surface area contributed by atoms with E-state index in [-0.39, 0.29) is 5.91 Å². The van der Waals surface area contributed by atoms with Gasteiger partial charge >= 0.3 is 0 Å². The van der Waals surface area contributed by atoms with Gasteiger partial charge in [-0.1, -0.05) is 0 Å². The monoisotopic (exact) mass is 249 g/mol. The van der Waals surface area contributed by atoms with E-state index in [9.17, 15) is 4.79 Å². The zero-order valence-electron chi connectivity index (χ0n) is 10.9. The van der Waals surface area contributed by atoms with Gasteiger partial charge in [-0.2, -0.15) is 4.98 Å². The van der Waals surface area contributed by atoms with Crippen LogP contribution >= 0.6 is 0 Å². The third-order valence-corrected chi connectivity index (χ3v) is 3.13. The smallest absolute Gasteiger partial charge is 0.224 e. The van der Waals surface area contributed by atoms with Gasteiger partial charge in [-0.15, -0.1) is 0 Å². The Labute approximate surface area is 107 Å². The van der Waals surface area contributed by atoms with Crippen LogP contribution in [0, 0.1) is 0 Å². The quantitative estimate of drug-likeness (QED) is 0.830. The van der Waals surface area contributed by atoms with Crippen molar-refractivity contribution in [3.63, 3.8) is 0 Å². The summed E-state index contributed by atoms with van der Waals surface area (Å²) in [7, 11) is 1.80. The van der Waals surface area contributed by atoms with Crippen molar-refractivity contribution >= 4 is 17.7 Å². The SMILES string of the molecule is CNc1nccc(N2CCCN(C(C)=O)CC2)n1. The summed E-state index contributed by atoms with van der Waals surface area (Å²) in [5, 5.41) is 2.94. The van der Waals surface area contributed by atoms with Crippen molar-refractivity contribution < 1.29 is 4.79 Å². The Kier molecular flexibility index (Phi) is 3.96. The molecule has 1 saturated heterocycles. The normalized spacial score (nSPS) is 16.3. The van der Waals surface area contributed by atoms with Gasteiger partial charge in [0.15, 0.2) is 0 Å². The Hall–Kier alpha value is -1.85. The summed E-state index contributed by atoms with van der Waals surface area (Å²) in [6.07, 6.45) is 2.72. The molecule has 18 heavy (non-hydrogen) atoms. The molecule has 1 amide bonds. The van der Waals surface area contributed by atoms with Crippen LogP contribution in [0.4, 0.5) is 11.8 Å². The summed E-state index contributed by atoms with van der Waals surface area (Å²) in [6.45, 7) is 4.95. The molecule has 0 radical (unpaired) electrons. The Morgan fingerprint density at radius 1 is 1.33 bits per heavy atom. The van der Waals surface area contributed by atoms with Gasteiger partial charge in [0.1, 0.15) is 5.82 Å². The number of carbonyl (C=O) groups is 1. The van der Waals surface area contributed by atoms with Crippen LogP contribution in [0.5, 0.6) is 0 Å². The average molecular weight is 249 g/mol. The molecule has 2 rings (SSSR count). The second kappa shape index (κ2) is 5.66. The molecule has 1 N–H and O–H groups in total. The fourth-order valence-corrected chi connectivity index (χ4v) is 2.11. The van der Waals surface area contributed by atoms with E-state index in [1.165, 1.54) is 0 Å². The standard InChI is InChI=1S/C12H19N5O/c1-10(18)16-6-3-7-17(9-8-16)11-4-5-14-12(13-2)15-11/h4-5H,3,6-9H2,1-2H3,(H,13,14,15). The molecule has 6 nitrogen and oxygen atoms in total. The van der Waals surface area contributed by atoms with Crippen LogP contribution in [0.15, 0.2) is 12.3 Å². The number of aromatic nitrogens is 2. The Balaban J connectivity index is 2.07. The molecule has 1 aromatic rings. The maximum Gasteiger partial charge on any atom is 0.224 e. The summed E-state index contributed by atoms with van der Waals surface area (Å²) < 4.78 is 0. The molecule has 0 aromatic carbocycles. The van der Waals surface area contributed by atoms with Gasteiger partial charge in [0.2, 0.25) is 11.9 Å². The van der Waals surface area contributed by atoms with Crippen LogP contribution in [-0.2, 0) is 4.79 Å². The zero-order chi connectivity index (χ0) is 13.0. The minimum absolute atomic E-state index is 0.149. The van der Waals surface area contributed by atoms with Gasteiger partial charge < -0.3 is 15.1 Å². The van der Waals surface area contributed by atoms with E-state index in [0.717, 1.165) is 38.4 Å². The highest BCUT2D eigenvalue weighted by atomic mass is 16.2. The minimum atomic E-state index is 0.149. The van der Waals surface area contributed by atoms with E-state index < -0.39 is 0 Å². The lowest BCUT2D eigenvalue weighted by Crippen LogP contribution is -2.33. The number of hydrogen-bond acceptors (Lipinski definition) is 5. The highest BCUT2D eigenvalue weighted by Crippen LogP contribution is 2.14. The van der Waals surface area contributed by atoms with E-state index in [0.29, 0.717) is 5.95 Å². The second-order valence-electron chi connectivity index (χ2n) is 4.34. The molecule has 0 atom stereocenters. The first-order valence-electron chi connectivity index (χ1n) is 6.22. The molecule has 1 aliphatic rings. The fourth-order valence-electron chi connectivity index (χ4n) is 2.11. The summed E-state index contributed by atoms with van der Waals surface area (Å²) in [6, 6.07) is 1.91. The second-order valence-corrected chi connectivity index (χ2v) is 4.34. The molecule has 6 heteroatoms. The van der Waals surface area contributed by atoms with Crippen molar-refractivity contribution in [3.05, 3.63) is 12.3 Å². The number of nitrogens with zero attached hydrogens (tertiary/aromatic N) is 4. The number of carbonyl (C=O) groups excluding carboxylic acids is 1. The number of hydrogen-bond donors (Lipinski definition) is 1. The van der Waals surface area contributed by atoms with Crippen molar-refractivity contribution in [2.45, 2.75) is 13.3 Å². The van der Waals surface area contributed by atoms with Gasteiger partial charge in [-0.05, 0) is 12.5 Å². The molecule has 2 heterocycles. The van der Waals surface area contributed by atoms with Crippen molar-refractivity contribution in [2.24, 2.45) is 0 Å². The topological polar surface area (TPSA) is 61.4 Å². The molecule has 1 aromatic heterocycles. The maximum absolute atomic E-state index is 11.4. The van der Waals surface area contributed by atoms with Crippen LogP contribution in [0.2, 0.25) is 0 Å². The molecule has 0 aliphatic carbocycles. The van der Waals surface area contributed by atoms with Crippen molar-refractivity contribution in [1.82, 2.24) is 14.9 Å². The lowest BCUT2D eigenvalue weighted by Gasteiger charge is -2.22. The van der Waals surface area contributed by atoms with E-state index in [1.54, 1.807) is 20.2 Å². The third kappa shape index (κ3) is 2.88. The average Bonchev–Trinajstić information content (AvgIpc) is 2.64. The maximum atomic E-state index is 11.4. The largest absolute Gasteiger partial charge is 0.357 e. The van der Waals surface area contributed by atoms with Crippen molar-refractivity contribution in [2.75, 3.05) is 43.4 Å². The van der Waals surface area contributed by atoms with Gasteiger partial charge in [0.25, 0.3) is 0 Å². The molecular formula is C12H19N5O. The van der Waals surface area contributed by atoms with Gasteiger partial charge in [0.05, 0.1) is 0 Å². The first-order chi connectivity index (χ1) is 8.70. The summed E-state index contributed by atoms with van der Waals surface area (Å²) in [4.78, 5) is 24.0. The molecule has 0 bridgehead atoms.